The van der Waals surface area contributed by atoms with Crippen LogP contribution in [0.4, 0.5) is 0 Å². The Bertz CT molecular complexity index is 1110. The van der Waals surface area contributed by atoms with Crippen molar-refractivity contribution in [1.29, 1.82) is 0 Å². The van der Waals surface area contributed by atoms with Crippen LogP contribution in [0, 0.1) is 5.92 Å². The number of H-pyrrole nitrogens is 1. The van der Waals surface area contributed by atoms with E-state index in [0.717, 1.165) is 40.2 Å². The second-order valence-electron chi connectivity index (χ2n) is 8.29. The highest BCUT2D eigenvalue weighted by atomic mass is 16.2. The summed E-state index contributed by atoms with van der Waals surface area (Å²) in [6.07, 6.45) is 2.35. The van der Waals surface area contributed by atoms with Gasteiger partial charge in [-0.15, -0.1) is 0 Å². The summed E-state index contributed by atoms with van der Waals surface area (Å²) in [5.41, 5.74) is 2.82. The van der Waals surface area contributed by atoms with Gasteiger partial charge in [0.05, 0.1) is 23.0 Å². The highest BCUT2D eigenvalue weighted by Gasteiger charge is 2.41. The maximum Gasteiger partial charge on any atom is 0.243 e. The maximum atomic E-state index is 13.1. The van der Waals surface area contributed by atoms with Gasteiger partial charge in [0.2, 0.25) is 17.7 Å². The molecule has 2 aliphatic rings. The first-order valence-corrected chi connectivity index (χ1v) is 10.7. The van der Waals surface area contributed by atoms with Gasteiger partial charge < -0.3 is 9.88 Å². The zero-order chi connectivity index (χ0) is 21.4. The Hall–Kier alpha value is -3.48. The number of aromatic nitrogens is 2. The number of aromatic amines is 1. The SMILES string of the molecule is O=C1CC(Cc2ccccc2)C(=O)N1CC(=O)N1CCCC1c1nc2ccccc2[nH]1. The molecule has 0 bridgehead atoms. The molecular formula is C24H24N4O3. The van der Waals surface area contributed by atoms with Gasteiger partial charge in [-0.25, -0.2) is 4.98 Å². The molecule has 31 heavy (non-hydrogen) atoms. The zero-order valence-corrected chi connectivity index (χ0v) is 17.2. The number of nitrogens with zero attached hydrogens (tertiary/aromatic N) is 3. The lowest BCUT2D eigenvalue weighted by molar-refractivity contribution is -0.146. The second-order valence-corrected chi connectivity index (χ2v) is 8.29. The molecular weight excluding hydrogens is 392 g/mol. The van der Waals surface area contributed by atoms with Crippen LogP contribution in [0.5, 0.6) is 0 Å². The lowest BCUT2D eigenvalue weighted by atomic mass is 9.98. The summed E-state index contributed by atoms with van der Waals surface area (Å²) in [6, 6.07) is 17.3. The molecule has 0 saturated carbocycles. The minimum Gasteiger partial charge on any atom is -0.340 e. The van der Waals surface area contributed by atoms with Crippen molar-refractivity contribution in [2.75, 3.05) is 13.1 Å². The third-order valence-electron chi connectivity index (χ3n) is 6.25. The van der Waals surface area contributed by atoms with E-state index in [4.69, 9.17) is 0 Å². The summed E-state index contributed by atoms with van der Waals surface area (Å²) >= 11 is 0. The van der Waals surface area contributed by atoms with E-state index in [1.54, 1.807) is 4.90 Å². The van der Waals surface area contributed by atoms with Gasteiger partial charge in [0.15, 0.2) is 0 Å². The number of rotatable bonds is 5. The van der Waals surface area contributed by atoms with Crippen LogP contribution in [0.25, 0.3) is 11.0 Å². The Balaban J connectivity index is 1.28. The average molecular weight is 416 g/mol. The summed E-state index contributed by atoms with van der Waals surface area (Å²) in [7, 11) is 0. The first kappa shape index (κ1) is 19.5. The zero-order valence-electron chi connectivity index (χ0n) is 17.2. The smallest absolute Gasteiger partial charge is 0.243 e. The minimum absolute atomic E-state index is 0.159. The van der Waals surface area contributed by atoms with E-state index in [1.807, 2.05) is 54.6 Å². The number of hydrogen-bond acceptors (Lipinski definition) is 4. The highest BCUT2D eigenvalue weighted by molar-refractivity contribution is 6.06. The van der Waals surface area contributed by atoms with Gasteiger partial charge in [0, 0.05) is 13.0 Å². The summed E-state index contributed by atoms with van der Waals surface area (Å²) in [5, 5.41) is 0. The predicted octanol–water partition coefficient (Wildman–Crippen LogP) is 2.84. The number of likely N-dealkylation sites (tertiary alicyclic amines) is 2. The molecule has 3 heterocycles. The summed E-state index contributed by atoms with van der Waals surface area (Å²) in [4.78, 5) is 49.3. The molecule has 2 fully saturated rings. The van der Waals surface area contributed by atoms with Crippen LogP contribution in [0.15, 0.2) is 54.6 Å². The van der Waals surface area contributed by atoms with E-state index in [1.165, 1.54) is 0 Å². The number of amides is 3. The number of carbonyl (C=O) groups excluding carboxylic acids is 3. The average Bonchev–Trinajstić information content (AvgIpc) is 3.48. The fourth-order valence-corrected chi connectivity index (χ4v) is 4.68. The molecule has 0 aliphatic carbocycles. The molecule has 3 amide bonds. The first-order chi connectivity index (χ1) is 15.1. The van der Waals surface area contributed by atoms with Crippen LogP contribution in [0.3, 0.4) is 0 Å². The number of nitrogens with one attached hydrogen (secondary N) is 1. The minimum atomic E-state index is -0.396. The van der Waals surface area contributed by atoms with Crippen LogP contribution in [-0.2, 0) is 20.8 Å². The van der Waals surface area contributed by atoms with Crippen molar-refractivity contribution in [2.45, 2.75) is 31.7 Å². The van der Waals surface area contributed by atoms with Crippen LogP contribution in [0.1, 0.15) is 36.7 Å². The number of carbonyl (C=O) groups is 3. The summed E-state index contributed by atoms with van der Waals surface area (Å²) in [6.45, 7) is 0.407. The standard InChI is InChI=1S/C24H24N4O3/c29-21-14-17(13-16-7-2-1-3-8-16)24(31)28(21)15-22(30)27-12-6-11-20(27)23-25-18-9-4-5-10-19(18)26-23/h1-5,7-10,17,20H,6,11-15H2,(H,25,26). The van der Waals surface area contributed by atoms with Crippen LogP contribution in [0.2, 0.25) is 0 Å². The monoisotopic (exact) mass is 416 g/mol. The molecule has 0 radical (unpaired) electrons. The van der Waals surface area contributed by atoms with E-state index in [-0.39, 0.29) is 36.7 Å². The molecule has 0 spiro atoms. The third-order valence-corrected chi connectivity index (χ3v) is 6.25. The fourth-order valence-electron chi connectivity index (χ4n) is 4.68. The number of hydrogen-bond donors (Lipinski definition) is 1. The molecule has 2 aliphatic heterocycles. The Kier molecular flexibility index (Phi) is 5.02. The van der Waals surface area contributed by atoms with Crippen molar-refractivity contribution in [3.8, 4) is 0 Å². The van der Waals surface area contributed by atoms with E-state index in [9.17, 15) is 14.4 Å². The van der Waals surface area contributed by atoms with Crippen molar-refractivity contribution in [3.63, 3.8) is 0 Å². The van der Waals surface area contributed by atoms with Crippen LogP contribution < -0.4 is 0 Å². The lowest BCUT2D eigenvalue weighted by Crippen LogP contribution is -2.43. The van der Waals surface area contributed by atoms with Crippen molar-refractivity contribution in [2.24, 2.45) is 5.92 Å². The molecule has 3 aromatic rings. The number of para-hydroxylation sites is 2. The van der Waals surface area contributed by atoms with Gasteiger partial charge in [-0.3, -0.25) is 19.3 Å². The largest absolute Gasteiger partial charge is 0.340 e. The van der Waals surface area contributed by atoms with E-state index < -0.39 is 5.92 Å². The van der Waals surface area contributed by atoms with E-state index >= 15 is 0 Å². The molecule has 1 N–H and O–H groups in total. The molecule has 7 heteroatoms. The number of imide groups is 1. The molecule has 2 saturated heterocycles. The Morgan fingerprint density at radius 2 is 1.84 bits per heavy atom. The topological polar surface area (TPSA) is 86.4 Å². The van der Waals surface area contributed by atoms with Gasteiger partial charge in [-0.1, -0.05) is 42.5 Å². The molecule has 5 rings (SSSR count). The van der Waals surface area contributed by atoms with E-state index in [2.05, 4.69) is 9.97 Å². The van der Waals surface area contributed by atoms with E-state index in [0.29, 0.717) is 13.0 Å². The van der Waals surface area contributed by atoms with Gasteiger partial charge in [-0.05, 0) is 37.0 Å². The molecule has 2 atom stereocenters. The van der Waals surface area contributed by atoms with Gasteiger partial charge in [0.1, 0.15) is 12.4 Å². The van der Waals surface area contributed by atoms with Crippen LogP contribution >= 0.6 is 0 Å². The fraction of sp³-hybridized carbons (Fsp3) is 0.333. The third kappa shape index (κ3) is 3.71. The number of imidazole rings is 1. The van der Waals surface area contributed by atoms with Gasteiger partial charge in [-0.2, -0.15) is 0 Å². The van der Waals surface area contributed by atoms with Crippen molar-refractivity contribution in [3.05, 3.63) is 66.0 Å². The van der Waals surface area contributed by atoms with Crippen molar-refractivity contribution in [1.82, 2.24) is 19.8 Å². The summed E-state index contributed by atoms with van der Waals surface area (Å²) in [5.74, 6) is -0.356. The summed E-state index contributed by atoms with van der Waals surface area (Å²) < 4.78 is 0. The lowest BCUT2D eigenvalue weighted by Gasteiger charge is -2.25. The normalized spacial score (nSPS) is 21.4. The highest BCUT2D eigenvalue weighted by Crippen LogP contribution is 2.32. The Labute approximate surface area is 180 Å². The Morgan fingerprint density at radius 1 is 1.06 bits per heavy atom. The number of fused-ring (bicyclic) bond motifs is 1. The Morgan fingerprint density at radius 3 is 2.65 bits per heavy atom. The van der Waals surface area contributed by atoms with Gasteiger partial charge >= 0.3 is 0 Å². The second kappa shape index (κ2) is 7.98. The number of benzene rings is 2. The van der Waals surface area contributed by atoms with Crippen LogP contribution in [-0.4, -0.2) is 50.6 Å². The molecule has 158 valence electrons. The molecule has 1 aromatic heterocycles. The predicted molar refractivity (Wildman–Crippen MR) is 115 cm³/mol. The first-order valence-electron chi connectivity index (χ1n) is 10.7. The van der Waals surface area contributed by atoms with Crippen molar-refractivity contribution < 1.29 is 14.4 Å². The molecule has 2 aromatic carbocycles. The quantitative estimate of drug-likeness (QED) is 0.648. The molecule has 7 nitrogen and oxygen atoms in total. The molecule has 2 unspecified atom stereocenters. The maximum absolute atomic E-state index is 13.1. The van der Waals surface area contributed by atoms with Crippen molar-refractivity contribution >= 4 is 28.8 Å². The van der Waals surface area contributed by atoms with Gasteiger partial charge in [0.25, 0.3) is 0 Å².